The Bertz CT molecular complexity index is 294. The Morgan fingerprint density at radius 2 is 1.92 bits per heavy atom. The highest BCUT2D eigenvalue weighted by atomic mass is 32.2. The predicted molar refractivity (Wildman–Crippen MR) is 48.6 cm³/mol. The lowest BCUT2D eigenvalue weighted by Gasteiger charge is -2.00. The van der Waals surface area contributed by atoms with Crippen LogP contribution in [0.3, 0.4) is 0 Å². The van der Waals surface area contributed by atoms with E-state index in [9.17, 15) is 13.2 Å². The van der Waals surface area contributed by atoms with Crippen LogP contribution in [0, 0.1) is 0 Å². The Morgan fingerprint density at radius 1 is 1.62 bits per heavy atom. The van der Waals surface area contributed by atoms with Crippen molar-refractivity contribution in [3.05, 3.63) is 12.3 Å². The maximum atomic E-state index is 10.1. The molecule has 1 aliphatic rings. The van der Waals surface area contributed by atoms with Crippen LogP contribution in [-0.2, 0) is 14.9 Å². The molecule has 13 heavy (non-hydrogen) atoms. The van der Waals surface area contributed by atoms with E-state index in [1.165, 1.54) is 6.92 Å². The van der Waals surface area contributed by atoms with Crippen molar-refractivity contribution < 1.29 is 17.8 Å². The van der Waals surface area contributed by atoms with Crippen molar-refractivity contribution in [1.29, 1.82) is 0 Å². The Hall–Kier alpha value is -0.880. The number of amides is 1. The van der Waals surface area contributed by atoms with Gasteiger partial charge < -0.3 is 5.32 Å². The minimum Gasteiger partial charge on any atom is -0.317 e. The van der Waals surface area contributed by atoms with Crippen molar-refractivity contribution in [3.8, 4) is 0 Å². The number of rotatable bonds is 2. The second kappa shape index (κ2) is 4.38. The first-order valence-electron chi connectivity index (χ1n) is 3.75. The summed E-state index contributed by atoms with van der Waals surface area (Å²) in [5.41, 5.74) is 0.532. The Labute approximate surface area is 77.6 Å². The molecular formula is C7H13NO4S. The van der Waals surface area contributed by atoms with Crippen LogP contribution in [0.2, 0.25) is 0 Å². The fourth-order valence-corrected chi connectivity index (χ4v) is 0.738. The monoisotopic (exact) mass is 207 g/mol. The van der Waals surface area contributed by atoms with Gasteiger partial charge in [0.1, 0.15) is 0 Å². The van der Waals surface area contributed by atoms with Crippen molar-refractivity contribution in [2.75, 3.05) is 0 Å². The van der Waals surface area contributed by atoms with Gasteiger partial charge in [0.05, 0.1) is 10.9 Å². The van der Waals surface area contributed by atoms with Crippen LogP contribution in [0.25, 0.3) is 0 Å². The molecule has 6 heteroatoms. The molecule has 0 radical (unpaired) electrons. The molecule has 0 saturated carbocycles. The summed E-state index contributed by atoms with van der Waals surface area (Å²) >= 11 is 0. The van der Waals surface area contributed by atoms with Gasteiger partial charge in [-0.2, -0.15) is 8.42 Å². The summed E-state index contributed by atoms with van der Waals surface area (Å²) in [5, 5.41) is 1.74. The van der Waals surface area contributed by atoms with E-state index in [-0.39, 0.29) is 5.91 Å². The van der Waals surface area contributed by atoms with Crippen LogP contribution in [0.4, 0.5) is 0 Å². The maximum Gasteiger partial charge on any atom is 0.271 e. The molecule has 1 aliphatic heterocycles. The Morgan fingerprint density at radius 3 is 1.92 bits per heavy atom. The van der Waals surface area contributed by atoms with Crippen LogP contribution in [0.5, 0.6) is 0 Å². The molecule has 1 heterocycles. The molecule has 1 saturated heterocycles. The van der Waals surface area contributed by atoms with Crippen LogP contribution in [0.1, 0.15) is 20.3 Å². The maximum absolute atomic E-state index is 10.1. The lowest BCUT2D eigenvalue weighted by molar-refractivity contribution is -0.109. The number of carbonyl (C=O) groups is 1. The van der Waals surface area contributed by atoms with Crippen LogP contribution in [0.15, 0.2) is 12.3 Å². The van der Waals surface area contributed by atoms with Crippen molar-refractivity contribution in [2.45, 2.75) is 25.5 Å². The summed E-state index contributed by atoms with van der Waals surface area (Å²) in [6, 6.07) is 0. The van der Waals surface area contributed by atoms with Crippen molar-refractivity contribution >= 4 is 16.0 Å². The van der Waals surface area contributed by atoms with Gasteiger partial charge >= 0.3 is 0 Å². The summed E-state index contributed by atoms with van der Waals surface area (Å²) in [4.78, 5) is 9.68. The molecule has 2 N–H and O–H groups in total. The smallest absolute Gasteiger partial charge is 0.271 e. The average Bonchev–Trinajstić information content (AvgIpc) is 2.62. The summed E-state index contributed by atoms with van der Waals surface area (Å²) < 4.78 is 28.5. The fourth-order valence-electron chi connectivity index (χ4n) is 0.316. The summed E-state index contributed by atoms with van der Waals surface area (Å²) in [6.07, 6.45) is 0.457. The van der Waals surface area contributed by atoms with Crippen molar-refractivity contribution in [3.63, 3.8) is 0 Å². The molecular weight excluding hydrogens is 194 g/mol. The largest absolute Gasteiger partial charge is 0.317 e. The molecule has 1 atom stereocenters. The molecule has 0 aromatic carbocycles. The van der Waals surface area contributed by atoms with Crippen LogP contribution >= 0.6 is 0 Å². The van der Waals surface area contributed by atoms with Gasteiger partial charge in [0, 0.05) is 0 Å². The quantitative estimate of drug-likeness (QED) is 0.387. The topological polar surface area (TPSA) is 93.4 Å². The molecule has 1 unspecified atom stereocenters. The van der Waals surface area contributed by atoms with E-state index < -0.39 is 15.4 Å². The average molecular weight is 207 g/mol. The molecule has 0 bridgehead atoms. The lowest BCUT2D eigenvalue weighted by Crippen LogP contribution is -2.14. The molecule has 76 valence electrons. The molecule has 0 aliphatic carbocycles. The Kier molecular flexibility index (Phi) is 4.09. The van der Waals surface area contributed by atoms with Gasteiger partial charge in [0.2, 0.25) is 0 Å². The highest BCUT2D eigenvalue weighted by Crippen LogP contribution is 2.00. The third kappa shape index (κ3) is 5.37. The van der Waals surface area contributed by atoms with Gasteiger partial charge in [-0.25, -0.2) is 0 Å². The summed E-state index contributed by atoms with van der Waals surface area (Å²) in [6.45, 7) is 6.46. The lowest BCUT2D eigenvalue weighted by atomic mass is 10.4. The Balaban J connectivity index is 0.000000243. The van der Waals surface area contributed by atoms with Gasteiger partial charge in [0.25, 0.3) is 16.0 Å². The van der Waals surface area contributed by atoms with Crippen LogP contribution in [-0.4, -0.2) is 24.1 Å². The standard InChI is InChI=1S/C4H10O3S.C3H3NO/c1-3-4(2)8(5,6)7;1-2-3(5)4-2/h4H,3H2,1-2H3,(H,5,6,7);1H2,(H,4,5). The fraction of sp³-hybridized carbons (Fsp3) is 0.571. The molecule has 1 fully saturated rings. The minimum atomic E-state index is -3.75. The zero-order valence-electron chi connectivity index (χ0n) is 7.57. The number of nitrogens with one attached hydrogen (secondary N) is 1. The van der Waals surface area contributed by atoms with E-state index in [2.05, 4.69) is 11.9 Å². The first-order chi connectivity index (χ1) is 5.79. The van der Waals surface area contributed by atoms with E-state index in [0.29, 0.717) is 12.1 Å². The summed E-state index contributed by atoms with van der Waals surface area (Å²) in [5.74, 6) is -0.0231. The van der Waals surface area contributed by atoms with Crippen molar-refractivity contribution in [1.82, 2.24) is 5.32 Å². The van der Waals surface area contributed by atoms with E-state index in [1.54, 1.807) is 6.92 Å². The van der Waals surface area contributed by atoms with Gasteiger partial charge in [-0.15, -0.1) is 0 Å². The summed E-state index contributed by atoms with van der Waals surface area (Å²) in [7, 11) is -3.75. The van der Waals surface area contributed by atoms with E-state index in [1.807, 2.05) is 0 Å². The SMILES string of the molecule is C=C1NC1=O.CCC(C)S(=O)(=O)O. The van der Waals surface area contributed by atoms with Gasteiger partial charge in [-0.05, 0) is 13.3 Å². The van der Waals surface area contributed by atoms with Gasteiger partial charge in [0.15, 0.2) is 0 Å². The first kappa shape index (κ1) is 12.1. The molecule has 0 aromatic rings. The third-order valence-electron chi connectivity index (χ3n) is 1.56. The molecule has 0 aromatic heterocycles. The minimum absolute atomic E-state index is 0.0231. The molecule has 0 spiro atoms. The second-order valence-electron chi connectivity index (χ2n) is 2.67. The van der Waals surface area contributed by atoms with Crippen molar-refractivity contribution in [2.24, 2.45) is 0 Å². The normalized spacial score (nSPS) is 16.8. The third-order valence-corrected chi connectivity index (χ3v) is 2.91. The molecule has 5 nitrogen and oxygen atoms in total. The highest BCUT2D eigenvalue weighted by molar-refractivity contribution is 7.86. The van der Waals surface area contributed by atoms with Crippen LogP contribution < -0.4 is 5.32 Å². The second-order valence-corrected chi connectivity index (χ2v) is 4.50. The number of carbonyl (C=O) groups excluding carboxylic acids is 1. The molecule has 1 rings (SSSR count). The van der Waals surface area contributed by atoms with Gasteiger partial charge in [-0.1, -0.05) is 13.5 Å². The number of hydrogen-bond donors (Lipinski definition) is 2. The van der Waals surface area contributed by atoms with E-state index in [4.69, 9.17) is 4.55 Å². The zero-order chi connectivity index (χ0) is 10.6. The predicted octanol–water partition coefficient (Wildman–Crippen LogP) is 0.303. The van der Waals surface area contributed by atoms with E-state index in [0.717, 1.165) is 0 Å². The highest BCUT2D eigenvalue weighted by Gasteiger charge is 2.20. The van der Waals surface area contributed by atoms with Gasteiger partial charge in [-0.3, -0.25) is 9.35 Å². The van der Waals surface area contributed by atoms with E-state index >= 15 is 0 Å². The first-order valence-corrected chi connectivity index (χ1v) is 5.26. The number of hydrogen-bond acceptors (Lipinski definition) is 3. The zero-order valence-corrected chi connectivity index (χ0v) is 8.39. The molecule has 1 amide bonds.